The van der Waals surface area contributed by atoms with Crippen LogP contribution in [0.2, 0.25) is 0 Å². The van der Waals surface area contributed by atoms with Crippen LogP contribution in [-0.4, -0.2) is 11.9 Å². The summed E-state index contributed by atoms with van der Waals surface area (Å²) < 4.78 is 4.53. The van der Waals surface area contributed by atoms with Crippen LogP contribution >= 0.6 is 0 Å². The third-order valence-corrected chi connectivity index (χ3v) is 2.25. The van der Waals surface area contributed by atoms with Crippen LogP contribution in [-0.2, 0) is 14.3 Å². The maximum atomic E-state index is 11.3. The Morgan fingerprint density at radius 3 is 3.00 bits per heavy atom. The Bertz CT molecular complexity index is 385. The molecule has 1 atom stereocenters. The number of fused-ring (bicyclic) bond motifs is 1. The molecule has 3 nitrogen and oxygen atoms in total. The Hall–Kier alpha value is -1.64. The molecule has 0 aromatic carbocycles. The molecule has 1 unspecified atom stereocenters. The van der Waals surface area contributed by atoms with Crippen LogP contribution in [0.4, 0.5) is 0 Å². The van der Waals surface area contributed by atoms with Gasteiger partial charge in [-0.1, -0.05) is 25.2 Å². The SMILES string of the molecule is CC1C=CC=C2C(=O)OC(=O)CC2=C1. The zero-order valence-electron chi connectivity index (χ0n) is 7.82. The molecule has 0 amide bonds. The summed E-state index contributed by atoms with van der Waals surface area (Å²) >= 11 is 0. The molecule has 0 spiro atoms. The third-order valence-electron chi connectivity index (χ3n) is 2.25. The van der Waals surface area contributed by atoms with E-state index in [9.17, 15) is 9.59 Å². The maximum Gasteiger partial charge on any atom is 0.346 e. The molecule has 1 saturated heterocycles. The summed E-state index contributed by atoms with van der Waals surface area (Å²) in [5.41, 5.74) is 1.29. The lowest BCUT2D eigenvalue weighted by Crippen LogP contribution is -2.22. The van der Waals surface area contributed by atoms with Gasteiger partial charge in [-0.3, -0.25) is 4.79 Å². The topological polar surface area (TPSA) is 43.4 Å². The summed E-state index contributed by atoms with van der Waals surface area (Å²) in [5.74, 6) is -0.754. The zero-order valence-corrected chi connectivity index (χ0v) is 7.82. The quantitative estimate of drug-likeness (QED) is 0.429. The highest BCUT2D eigenvalue weighted by atomic mass is 16.6. The lowest BCUT2D eigenvalue weighted by molar-refractivity contribution is -0.157. The van der Waals surface area contributed by atoms with E-state index in [1.807, 2.05) is 25.2 Å². The van der Waals surface area contributed by atoms with Crippen molar-refractivity contribution in [2.45, 2.75) is 13.3 Å². The molecule has 2 rings (SSSR count). The van der Waals surface area contributed by atoms with E-state index in [1.165, 1.54) is 0 Å². The van der Waals surface area contributed by atoms with Gasteiger partial charge in [-0.2, -0.15) is 0 Å². The molecule has 14 heavy (non-hydrogen) atoms. The fourth-order valence-electron chi connectivity index (χ4n) is 1.60. The molecule has 0 saturated carbocycles. The molecule has 0 aromatic rings. The third kappa shape index (κ3) is 1.53. The van der Waals surface area contributed by atoms with Gasteiger partial charge in [-0.05, 0) is 17.6 Å². The molecule has 3 heteroatoms. The van der Waals surface area contributed by atoms with Crippen molar-refractivity contribution in [2.24, 2.45) is 5.92 Å². The predicted molar refractivity (Wildman–Crippen MR) is 50.2 cm³/mol. The molecular weight excluding hydrogens is 180 g/mol. The molecule has 0 N–H and O–H groups in total. The Balaban J connectivity index is 2.42. The van der Waals surface area contributed by atoms with E-state index in [1.54, 1.807) is 6.08 Å². The number of allylic oxidation sites excluding steroid dienone is 4. The standard InChI is InChI=1S/C11H10O3/c1-7-3-2-4-9-8(5-7)6-10(12)14-11(9)13/h2-5,7H,6H2,1H3. The van der Waals surface area contributed by atoms with Crippen molar-refractivity contribution in [2.75, 3.05) is 0 Å². The van der Waals surface area contributed by atoms with Crippen molar-refractivity contribution in [1.82, 2.24) is 0 Å². The second-order valence-corrected chi connectivity index (χ2v) is 3.45. The Morgan fingerprint density at radius 1 is 1.43 bits per heavy atom. The van der Waals surface area contributed by atoms with E-state index in [0.29, 0.717) is 5.57 Å². The van der Waals surface area contributed by atoms with Crippen molar-refractivity contribution in [3.05, 3.63) is 35.5 Å². The molecule has 0 radical (unpaired) electrons. The van der Waals surface area contributed by atoms with Crippen LogP contribution in [0.15, 0.2) is 35.5 Å². The predicted octanol–water partition coefficient (Wildman–Crippen LogP) is 1.52. The molecule has 1 heterocycles. The fourth-order valence-corrected chi connectivity index (χ4v) is 1.60. The Morgan fingerprint density at radius 2 is 2.21 bits per heavy atom. The van der Waals surface area contributed by atoms with Crippen LogP contribution < -0.4 is 0 Å². The first-order valence-electron chi connectivity index (χ1n) is 4.51. The Labute approximate surface area is 81.7 Å². The normalized spacial score (nSPS) is 25.9. The minimum atomic E-state index is -0.536. The zero-order chi connectivity index (χ0) is 10.1. The summed E-state index contributed by atoms with van der Waals surface area (Å²) in [7, 11) is 0. The minimum absolute atomic E-state index is 0.198. The van der Waals surface area contributed by atoms with E-state index in [4.69, 9.17) is 0 Å². The van der Waals surface area contributed by atoms with E-state index < -0.39 is 11.9 Å². The fraction of sp³-hybridized carbons (Fsp3) is 0.273. The highest BCUT2D eigenvalue weighted by Gasteiger charge is 2.27. The number of hydrogen-bond acceptors (Lipinski definition) is 3. The van der Waals surface area contributed by atoms with E-state index in [-0.39, 0.29) is 12.3 Å². The molecule has 72 valence electrons. The molecule has 1 fully saturated rings. The Kier molecular flexibility index (Phi) is 2.08. The van der Waals surface area contributed by atoms with Crippen molar-refractivity contribution in [3.8, 4) is 0 Å². The number of ether oxygens (including phenoxy) is 1. The number of carbonyl (C=O) groups excluding carboxylic acids is 2. The number of carbonyl (C=O) groups is 2. The van der Waals surface area contributed by atoms with Gasteiger partial charge in [0.25, 0.3) is 0 Å². The molecule has 0 aromatic heterocycles. The lowest BCUT2D eigenvalue weighted by atomic mass is 9.98. The summed E-state index contributed by atoms with van der Waals surface area (Å²) in [6.45, 7) is 2.00. The van der Waals surface area contributed by atoms with Gasteiger partial charge >= 0.3 is 11.9 Å². The van der Waals surface area contributed by atoms with Gasteiger partial charge in [-0.15, -0.1) is 0 Å². The largest absolute Gasteiger partial charge is 0.389 e. The van der Waals surface area contributed by atoms with E-state index >= 15 is 0 Å². The van der Waals surface area contributed by atoms with Gasteiger partial charge in [0.15, 0.2) is 0 Å². The van der Waals surface area contributed by atoms with Crippen LogP contribution in [0.25, 0.3) is 0 Å². The average Bonchev–Trinajstić information content (AvgIpc) is 2.25. The number of cyclic esters (lactones) is 2. The number of esters is 2. The van der Waals surface area contributed by atoms with Gasteiger partial charge in [0.05, 0.1) is 12.0 Å². The lowest BCUT2D eigenvalue weighted by Gasteiger charge is -2.15. The minimum Gasteiger partial charge on any atom is -0.389 e. The van der Waals surface area contributed by atoms with Gasteiger partial charge in [0.2, 0.25) is 0 Å². The highest BCUT2D eigenvalue weighted by molar-refractivity contribution is 6.04. The van der Waals surface area contributed by atoms with Crippen LogP contribution in [0, 0.1) is 5.92 Å². The monoisotopic (exact) mass is 190 g/mol. The first-order valence-corrected chi connectivity index (χ1v) is 4.51. The van der Waals surface area contributed by atoms with E-state index in [2.05, 4.69) is 4.74 Å². The van der Waals surface area contributed by atoms with Crippen molar-refractivity contribution in [1.29, 1.82) is 0 Å². The van der Waals surface area contributed by atoms with Crippen molar-refractivity contribution >= 4 is 11.9 Å². The second-order valence-electron chi connectivity index (χ2n) is 3.45. The number of hydrogen-bond donors (Lipinski definition) is 0. The molecule has 2 aliphatic rings. The highest BCUT2D eigenvalue weighted by Crippen LogP contribution is 2.26. The number of rotatable bonds is 0. The summed E-state index contributed by atoms with van der Waals surface area (Å²) in [6.07, 6.45) is 7.61. The summed E-state index contributed by atoms with van der Waals surface area (Å²) in [4.78, 5) is 22.3. The maximum absolute atomic E-state index is 11.3. The molecule has 1 aliphatic heterocycles. The van der Waals surface area contributed by atoms with Crippen LogP contribution in [0.5, 0.6) is 0 Å². The van der Waals surface area contributed by atoms with Crippen molar-refractivity contribution in [3.63, 3.8) is 0 Å². The first-order chi connectivity index (χ1) is 6.66. The molecular formula is C11H10O3. The van der Waals surface area contributed by atoms with Gasteiger partial charge in [0, 0.05) is 0 Å². The van der Waals surface area contributed by atoms with Gasteiger partial charge in [-0.25, -0.2) is 4.79 Å². The van der Waals surface area contributed by atoms with E-state index in [0.717, 1.165) is 5.57 Å². The smallest absolute Gasteiger partial charge is 0.346 e. The summed E-state index contributed by atoms with van der Waals surface area (Å²) in [6, 6.07) is 0. The van der Waals surface area contributed by atoms with Gasteiger partial charge in [0.1, 0.15) is 0 Å². The van der Waals surface area contributed by atoms with Crippen LogP contribution in [0.1, 0.15) is 13.3 Å². The molecule has 0 bridgehead atoms. The van der Waals surface area contributed by atoms with Crippen molar-refractivity contribution < 1.29 is 14.3 Å². The second kappa shape index (κ2) is 3.25. The molecule has 1 aliphatic carbocycles. The average molecular weight is 190 g/mol. The van der Waals surface area contributed by atoms with Crippen LogP contribution in [0.3, 0.4) is 0 Å². The summed E-state index contributed by atoms with van der Waals surface area (Å²) in [5, 5.41) is 0. The van der Waals surface area contributed by atoms with Gasteiger partial charge < -0.3 is 4.74 Å². The first kappa shape index (κ1) is 8.94.